The molecule has 0 bridgehead atoms. The molecule has 114 valence electrons. The first-order valence-electron chi connectivity index (χ1n) is 7.94. The third-order valence-electron chi connectivity index (χ3n) is 4.30. The van der Waals surface area contributed by atoms with Crippen LogP contribution in [0.5, 0.6) is 0 Å². The fourth-order valence-electron chi connectivity index (χ4n) is 3.06. The van der Waals surface area contributed by atoms with E-state index < -0.39 is 0 Å². The smallest absolute Gasteiger partial charge is 0.0638 e. The Labute approximate surface area is 123 Å². The van der Waals surface area contributed by atoms with Crippen LogP contribution in [0.4, 0.5) is 0 Å². The van der Waals surface area contributed by atoms with Crippen molar-refractivity contribution in [3.63, 3.8) is 0 Å². The van der Waals surface area contributed by atoms with E-state index in [0.29, 0.717) is 6.04 Å². The monoisotopic (exact) mass is 278 g/mol. The van der Waals surface area contributed by atoms with Gasteiger partial charge in [0.25, 0.3) is 0 Å². The molecule has 1 fully saturated rings. The van der Waals surface area contributed by atoms with Gasteiger partial charge in [0.2, 0.25) is 0 Å². The summed E-state index contributed by atoms with van der Waals surface area (Å²) in [7, 11) is 6.48. The maximum atomic E-state index is 4.74. The van der Waals surface area contributed by atoms with E-state index in [2.05, 4.69) is 48.7 Å². The second kappa shape index (κ2) is 7.23. The summed E-state index contributed by atoms with van der Waals surface area (Å²) in [6.45, 7) is 5.47. The molecule has 4 nitrogen and oxygen atoms in total. The highest BCUT2D eigenvalue weighted by Crippen LogP contribution is 2.29. The lowest BCUT2D eigenvalue weighted by molar-refractivity contribution is 0.294. The first-order chi connectivity index (χ1) is 9.56. The summed E-state index contributed by atoms with van der Waals surface area (Å²) < 4.78 is 2.23. The molecule has 2 rings (SSSR count). The Morgan fingerprint density at radius 2 is 1.90 bits per heavy atom. The average Bonchev–Trinajstić information content (AvgIpc) is 2.99. The number of rotatable bonds is 7. The van der Waals surface area contributed by atoms with Crippen LogP contribution in [-0.4, -0.2) is 53.8 Å². The molecule has 0 aromatic carbocycles. The highest BCUT2D eigenvalue weighted by atomic mass is 15.3. The Bertz CT molecular complexity index is 405. The molecule has 0 saturated heterocycles. The van der Waals surface area contributed by atoms with Crippen molar-refractivity contribution in [1.82, 2.24) is 19.6 Å². The molecule has 0 aliphatic heterocycles. The predicted molar refractivity (Wildman–Crippen MR) is 84.0 cm³/mol. The third kappa shape index (κ3) is 4.32. The van der Waals surface area contributed by atoms with Crippen molar-refractivity contribution in [2.45, 2.75) is 51.6 Å². The van der Waals surface area contributed by atoms with Crippen molar-refractivity contribution in [2.24, 2.45) is 0 Å². The molecule has 0 N–H and O–H groups in total. The Balaban J connectivity index is 1.85. The van der Waals surface area contributed by atoms with E-state index in [4.69, 9.17) is 5.10 Å². The molecule has 1 saturated carbocycles. The third-order valence-corrected chi connectivity index (χ3v) is 4.30. The van der Waals surface area contributed by atoms with Crippen LogP contribution in [0.2, 0.25) is 0 Å². The van der Waals surface area contributed by atoms with Crippen molar-refractivity contribution in [1.29, 1.82) is 0 Å². The zero-order valence-electron chi connectivity index (χ0n) is 13.6. The largest absolute Gasteiger partial charge is 0.309 e. The highest BCUT2D eigenvalue weighted by Gasteiger charge is 2.19. The molecule has 0 spiro atoms. The lowest BCUT2D eigenvalue weighted by atomic mass is 10.2. The predicted octanol–water partition coefficient (Wildman–Crippen LogP) is 2.69. The van der Waals surface area contributed by atoms with E-state index in [0.717, 1.165) is 19.6 Å². The molecular formula is C16H30N4. The Kier molecular flexibility index (Phi) is 5.61. The summed E-state index contributed by atoms with van der Waals surface area (Å²) in [5.41, 5.74) is 2.60. The van der Waals surface area contributed by atoms with Crippen molar-refractivity contribution in [2.75, 3.05) is 34.2 Å². The van der Waals surface area contributed by atoms with Crippen LogP contribution in [0.3, 0.4) is 0 Å². The van der Waals surface area contributed by atoms with Crippen LogP contribution < -0.4 is 0 Å². The molecule has 0 atom stereocenters. The van der Waals surface area contributed by atoms with Crippen molar-refractivity contribution < 1.29 is 0 Å². The van der Waals surface area contributed by atoms with Crippen LogP contribution in [0, 0.1) is 6.92 Å². The van der Waals surface area contributed by atoms with Gasteiger partial charge < -0.3 is 9.80 Å². The van der Waals surface area contributed by atoms with Gasteiger partial charge in [-0.15, -0.1) is 0 Å². The number of aryl methyl sites for hydroxylation is 1. The van der Waals surface area contributed by atoms with E-state index in [1.165, 1.54) is 43.4 Å². The number of nitrogens with zero attached hydrogens (tertiary/aromatic N) is 4. The Hall–Kier alpha value is -0.870. The van der Waals surface area contributed by atoms with Gasteiger partial charge >= 0.3 is 0 Å². The van der Waals surface area contributed by atoms with Gasteiger partial charge in [0.15, 0.2) is 0 Å². The van der Waals surface area contributed by atoms with Crippen LogP contribution in [0.25, 0.3) is 0 Å². The van der Waals surface area contributed by atoms with Gasteiger partial charge in [0.05, 0.1) is 11.7 Å². The van der Waals surface area contributed by atoms with E-state index in [9.17, 15) is 0 Å². The maximum absolute atomic E-state index is 4.74. The summed E-state index contributed by atoms with van der Waals surface area (Å²) >= 11 is 0. The second-order valence-corrected chi connectivity index (χ2v) is 6.55. The summed E-state index contributed by atoms with van der Waals surface area (Å²) in [5.74, 6) is 0. The van der Waals surface area contributed by atoms with Gasteiger partial charge in [-0.2, -0.15) is 5.10 Å². The van der Waals surface area contributed by atoms with Gasteiger partial charge in [-0.25, -0.2) is 0 Å². The lowest BCUT2D eigenvalue weighted by Crippen LogP contribution is -2.23. The minimum absolute atomic E-state index is 0.654. The minimum atomic E-state index is 0.654. The Morgan fingerprint density at radius 3 is 2.55 bits per heavy atom. The van der Waals surface area contributed by atoms with Gasteiger partial charge in [-0.1, -0.05) is 12.8 Å². The van der Waals surface area contributed by atoms with Crippen LogP contribution in [-0.2, 0) is 6.54 Å². The molecule has 1 aliphatic carbocycles. The van der Waals surface area contributed by atoms with Gasteiger partial charge in [0.1, 0.15) is 0 Å². The van der Waals surface area contributed by atoms with Crippen LogP contribution in [0.15, 0.2) is 6.20 Å². The average molecular weight is 278 g/mol. The van der Waals surface area contributed by atoms with Crippen LogP contribution >= 0.6 is 0 Å². The fraction of sp³-hybridized carbons (Fsp3) is 0.812. The summed E-state index contributed by atoms with van der Waals surface area (Å²) in [6, 6.07) is 0.654. The molecule has 0 radical (unpaired) electrons. The van der Waals surface area contributed by atoms with E-state index >= 15 is 0 Å². The molecule has 20 heavy (non-hydrogen) atoms. The summed E-state index contributed by atoms with van der Waals surface area (Å²) in [5, 5.41) is 4.74. The molecule has 1 aromatic rings. The zero-order chi connectivity index (χ0) is 14.5. The fourth-order valence-corrected chi connectivity index (χ4v) is 3.06. The van der Waals surface area contributed by atoms with E-state index in [1.54, 1.807) is 0 Å². The topological polar surface area (TPSA) is 24.3 Å². The summed E-state index contributed by atoms with van der Waals surface area (Å²) in [4.78, 5) is 4.66. The number of aromatic nitrogens is 2. The molecule has 4 heteroatoms. The maximum Gasteiger partial charge on any atom is 0.0638 e. The van der Waals surface area contributed by atoms with Gasteiger partial charge in [0, 0.05) is 18.3 Å². The molecule has 1 aromatic heterocycles. The van der Waals surface area contributed by atoms with Gasteiger partial charge in [-0.3, -0.25) is 4.68 Å². The minimum Gasteiger partial charge on any atom is -0.309 e. The van der Waals surface area contributed by atoms with Crippen LogP contribution in [0.1, 0.15) is 49.4 Å². The molecule has 1 heterocycles. The first kappa shape index (κ1) is 15.5. The first-order valence-corrected chi connectivity index (χ1v) is 7.94. The second-order valence-electron chi connectivity index (χ2n) is 6.55. The quantitative estimate of drug-likeness (QED) is 0.766. The van der Waals surface area contributed by atoms with E-state index in [1.807, 2.05) is 0 Å². The molecular weight excluding hydrogens is 248 g/mol. The van der Waals surface area contributed by atoms with E-state index in [-0.39, 0.29) is 0 Å². The zero-order valence-corrected chi connectivity index (χ0v) is 13.6. The van der Waals surface area contributed by atoms with Crippen molar-refractivity contribution >= 4 is 0 Å². The summed E-state index contributed by atoms with van der Waals surface area (Å²) in [6.07, 6.45) is 8.85. The molecule has 0 amide bonds. The number of hydrogen-bond donors (Lipinski definition) is 0. The normalized spacial score (nSPS) is 16.7. The lowest BCUT2D eigenvalue weighted by Gasteiger charge is -2.17. The Morgan fingerprint density at radius 1 is 1.20 bits per heavy atom. The molecule has 1 aliphatic rings. The van der Waals surface area contributed by atoms with Gasteiger partial charge in [-0.05, 0) is 60.4 Å². The number of hydrogen-bond acceptors (Lipinski definition) is 3. The van der Waals surface area contributed by atoms with Crippen molar-refractivity contribution in [3.05, 3.63) is 17.5 Å². The standard InChI is InChI=1S/C16H30N4/c1-14-15(12-19(4)11-7-10-18(2)3)13-20(17-14)16-8-5-6-9-16/h13,16H,5-12H2,1-4H3. The molecule has 0 unspecified atom stereocenters. The highest BCUT2D eigenvalue weighted by molar-refractivity contribution is 5.15. The SMILES string of the molecule is Cc1nn(C2CCCC2)cc1CN(C)CCCN(C)C. The van der Waals surface area contributed by atoms with Crippen molar-refractivity contribution in [3.8, 4) is 0 Å².